The highest BCUT2D eigenvalue weighted by Crippen LogP contribution is 2.24. The zero-order valence-electron chi connectivity index (χ0n) is 14.5. The van der Waals surface area contributed by atoms with Crippen LogP contribution in [0.3, 0.4) is 0 Å². The van der Waals surface area contributed by atoms with Gasteiger partial charge in [0.1, 0.15) is 0 Å². The van der Waals surface area contributed by atoms with Crippen LogP contribution in [-0.2, 0) is 10.0 Å². The minimum atomic E-state index is -3.57. The molecule has 1 fully saturated rings. The van der Waals surface area contributed by atoms with E-state index in [1.165, 1.54) is 16.4 Å². The molecule has 0 radical (unpaired) electrons. The van der Waals surface area contributed by atoms with E-state index in [0.717, 1.165) is 12.8 Å². The molecule has 0 spiro atoms. The van der Waals surface area contributed by atoms with Crippen LogP contribution in [0.1, 0.15) is 30.1 Å². The standard InChI is InChI=1S/C18H21N3O4S/c1-2-25-16-9-6-10-19-17(16)20-18(22)14-7-5-8-15(13-14)26(23,24)21-11-3-4-12-21/h5-10,13H,2-4,11-12H2,1H3,(H,19,20,22). The van der Waals surface area contributed by atoms with Crippen LogP contribution < -0.4 is 10.1 Å². The van der Waals surface area contributed by atoms with Gasteiger partial charge in [-0.2, -0.15) is 4.31 Å². The smallest absolute Gasteiger partial charge is 0.256 e. The zero-order chi connectivity index (χ0) is 18.6. The summed E-state index contributed by atoms with van der Waals surface area (Å²) in [6, 6.07) is 9.47. The first-order valence-corrected chi connectivity index (χ1v) is 9.96. The summed E-state index contributed by atoms with van der Waals surface area (Å²) in [5.41, 5.74) is 0.248. The molecule has 3 rings (SSSR count). The molecule has 26 heavy (non-hydrogen) atoms. The Balaban J connectivity index is 1.83. The van der Waals surface area contributed by atoms with Gasteiger partial charge in [-0.1, -0.05) is 6.07 Å². The van der Waals surface area contributed by atoms with Crippen molar-refractivity contribution < 1.29 is 17.9 Å². The third-order valence-electron chi connectivity index (χ3n) is 4.10. The van der Waals surface area contributed by atoms with Gasteiger partial charge in [0, 0.05) is 24.8 Å². The topological polar surface area (TPSA) is 88.6 Å². The normalized spacial score (nSPS) is 15.0. The van der Waals surface area contributed by atoms with E-state index in [9.17, 15) is 13.2 Å². The lowest BCUT2D eigenvalue weighted by Gasteiger charge is -2.16. The highest BCUT2D eigenvalue weighted by atomic mass is 32.2. The predicted molar refractivity (Wildman–Crippen MR) is 97.8 cm³/mol. The minimum Gasteiger partial charge on any atom is -0.490 e. The summed E-state index contributed by atoms with van der Waals surface area (Å²) < 4.78 is 32.2. The highest BCUT2D eigenvalue weighted by molar-refractivity contribution is 7.89. The number of hydrogen-bond acceptors (Lipinski definition) is 5. The van der Waals surface area contributed by atoms with Gasteiger partial charge in [0.05, 0.1) is 11.5 Å². The molecule has 2 aromatic rings. The summed E-state index contributed by atoms with van der Waals surface area (Å²) in [6.07, 6.45) is 3.27. The number of ether oxygens (including phenoxy) is 1. The molecular weight excluding hydrogens is 354 g/mol. The van der Waals surface area contributed by atoms with E-state index >= 15 is 0 Å². The van der Waals surface area contributed by atoms with Crippen LogP contribution in [0.15, 0.2) is 47.5 Å². The van der Waals surface area contributed by atoms with Crippen molar-refractivity contribution in [2.45, 2.75) is 24.7 Å². The summed E-state index contributed by atoms with van der Waals surface area (Å²) in [7, 11) is -3.57. The van der Waals surface area contributed by atoms with Crippen molar-refractivity contribution in [1.82, 2.24) is 9.29 Å². The Morgan fingerprint density at radius 2 is 2.00 bits per heavy atom. The number of anilines is 1. The Hall–Kier alpha value is -2.45. The molecule has 2 heterocycles. The lowest BCUT2D eigenvalue weighted by Crippen LogP contribution is -2.28. The van der Waals surface area contributed by atoms with Crippen molar-refractivity contribution in [2.24, 2.45) is 0 Å². The maximum atomic E-state index is 12.7. The van der Waals surface area contributed by atoms with Crippen LogP contribution in [0, 0.1) is 0 Å². The second kappa shape index (κ2) is 7.84. The Bertz CT molecular complexity index is 893. The van der Waals surface area contributed by atoms with Crippen LogP contribution in [0.5, 0.6) is 5.75 Å². The molecule has 1 aliphatic heterocycles. The molecule has 1 N–H and O–H groups in total. The van der Waals surface area contributed by atoms with E-state index in [-0.39, 0.29) is 10.5 Å². The van der Waals surface area contributed by atoms with Crippen molar-refractivity contribution in [2.75, 3.05) is 25.0 Å². The quantitative estimate of drug-likeness (QED) is 0.838. The van der Waals surface area contributed by atoms with E-state index in [1.54, 1.807) is 30.5 Å². The summed E-state index contributed by atoms with van der Waals surface area (Å²) in [5.74, 6) is 0.319. The minimum absolute atomic E-state index is 0.123. The van der Waals surface area contributed by atoms with Crippen molar-refractivity contribution in [3.05, 3.63) is 48.2 Å². The number of aromatic nitrogens is 1. The summed E-state index contributed by atoms with van der Waals surface area (Å²) in [5, 5.41) is 2.68. The lowest BCUT2D eigenvalue weighted by molar-refractivity contribution is 0.102. The number of nitrogens with one attached hydrogen (secondary N) is 1. The molecule has 7 nitrogen and oxygen atoms in total. The molecule has 0 bridgehead atoms. The first kappa shape index (κ1) is 18.3. The first-order valence-electron chi connectivity index (χ1n) is 8.52. The number of carbonyl (C=O) groups excluding carboxylic acids is 1. The van der Waals surface area contributed by atoms with Gasteiger partial charge in [-0.25, -0.2) is 13.4 Å². The number of benzene rings is 1. The van der Waals surface area contributed by atoms with Crippen molar-refractivity contribution in [3.63, 3.8) is 0 Å². The van der Waals surface area contributed by atoms with E-state index in [4.69, 9.17) is 4.74 Å². The molecule has 1 amide bonds. The largest absolute Gasteiger partial charge is 0.490 e. The van der Waals surface area contributed by atoms with Crippen LogP contribution >= 0.6 is 0 Å². The van der Waals surface area contributed by atoms with Crippen LogP contribution in [-0.4, -0.2) is 43.3 Å². The van der Waals surface area contributed by atoms with Crippen molar-refractivity contribution >= 4 is 21.7 Å². The van der Waals surface area contributed by atoms with Gasteiger partial charge in [-0.05, 0) is 50.1 Å². The third-order valence-corrected chi connectivity index (χ3v) is 6.00. The molecule has 0 aliphatic carbocycles. The number of hydrogen-bond donors (Lipinski definition) is 1. The number of sulfonamides is 1. The Morgan fingerprint density at radius 1 is 1.23 bits per heavy atom. The average Bonchev–Trinajstić information content (AvgIpc) is 3.19. The molecule has 0 atom stereocenters. The van der Waals surface area contributed by atoms with Gasteiger partial charge in [0.25, 0.3) is 5.91 Å². The van der Waals surface area contributed by atoms with E-state index in [2.05, 4.69) is 10.3 Å². The van der Waals surface area contributed by atoms with Gasteiger partial charge in [-0.3, -0.25) is 4.79 Å². The molecule has 138 valence electrons. The molecule has 0 saturated carbocycles. The number of pyridine rings is 1. The van der Waals surface area contributed by atoms with Gasteiger partial charge in [0.15, 0.2) is 11.6 Å². The molecule has 1 aromatic carbocycles. The average molecular weight is 375 g/mol. The van der Waals surface area contributed by atoms with Gasteiger partial charge < -0.3 is 10.1 Å². The fraction of sp³-hybridized carbons (Fsp3) is 0.333. The molecule has 8 heteroatoms. The fourth-order valence-electron chi connectivity index (χ4n) is 2.81. The molecular formula is C18H21N3O4S. The first-order chi connectivity index (χ1) is 12.5. The monoisotopic (exact) mass is 375 g/mol. The van der Waals surface area contributed by atoms with E-state index in [1.807, 2.05) is 6.92 Å². The highest BCUT2D eigenvalue weighted by Gasteiger charge is 2.27. The van der Waals surface area contributed by atoms with Gasteiger partial charge in [0.2, 0.25) is 10.0 Å². The zero-order valence-corrected chi connectivity index (χ0v) is 15.3. The van der Waals surface area contributed by atoms with Crippen LogP contribution in [0.4, 0.5) is 5.82 Å². The molecule has 1 saturated heterocycles. The maximum Gasteiger partial charge on any atom is 0.256 e. The second-order valence-corrected chi connectivity index (χ2v) is 7.81. The summed E-state index contributed by atoms with van der Waals surface area (Å²) in [6.45, 7) is 3.32. The Kier molecular flexibility index (Phi) is 5.53. The van der Waals surface area contributed by atoms with E-state index in [0.29, 0.717) is 31.3 Å². The van der Waals surface area contributed by atoms with Gasteiger partial charge in [-0.15, -0.1) is 0 Å². The Morgan fingerprint density at radius 3 is 2.73 bits per heavy atom. The summed E-state index contributed by atoms with van der Waals surface area (Å²) >= 11 is 0. The molecule has 0 unspecified atom stereocenters. The molecule has 1 aromatic heterocycles. The molecule has 1 aliphatic rings. The van der Waals surface area contributed by atoms with Crippen LogP contribution in [0.2, 0.25) is 0 Å². The lowest BCUT2D eigenvalue weighted by atomic mass is 10.2. The summed E-state index contributed by atoms with van der Waals surface area (Å²) in [4.78, 5) is 16.8. The number of amides is 1. The van der Waals surface area contributed by atoms with Crippen LogP contribution in [0.25, 0.3) is 0 Å². The van der Waals surface area contributed by atoms with E-state index < -0.39 is 15.9 Å². The number of rotatable bonds is 6. The number of nitrogens with zero attached hydrogens (tertiary/aromatic N) is 2. The van der Waals surface area contributed by atoms with Gasteiger partial charge >= 0.3 is 0 Å². The van der Waals surface area contributed by atoms with Crippen molar-refractivity contribution in [1.29, 1.82) is 0 Å². The second-order valence-electron chi connectivity index (χ2n) is 5.88. The number of carbonyl (C=O) groups is 1. The fourth-order valence-corrected chi connectivity index (χ4v) is 4.37. The predicted octanol–water partition coefficient (Wildman–Crippen LogP) is 2.52. The maximum absolute atomic E-state index is 12.7. The Labute approximate surface area is 153 Å². The third kappa shape index (κ3) is 3.86. The van der Waals surface area contributed by atoms with Crippen molar-refractivity contribution in [3.8, 4) is 5.75 Å². The SMILES string of the molecule is CCOc1cccnc1NC(=O)c1cccc(S(=O)(=O)N2CCCC2)c1.